The Hall–Kier alpha value is -2.69. The van der Waals surface area contributed by atoms with Gasteiger partial charge in [0.15, 0.2) is 11.5 Å². The summed E-state index contributed by atoms with van der Waals surface area (Å²) in [6, 6.07) is 13.2. The number of hydrogen-bond donors (Lipinski definition) is 1. The molecule has 0 atom stereocenters. The molecule has 5 heteroatoms. The molecule has 0 spiro atoms. The molecule has 1 N–H and O–H groups in total. The highest BCUT2D eigenvalue weighted by Gasteiger charge is 2.22. The molecule has 2 aromatic rings. The zero-order valence-electron chi connectivity index (χ0n) is 14.0. The van der Waals surface area contributed by atoms with Crippen molar-refractivity contribution in [1.82, 2.24) is 5.32 Å². The number of hydrogen-bond acceptors (Lipinski definition) is 4. The van der Waals surface area contributed by atoms with Crippen LogP contribution < -0.4 is 19.5 Å². The molecule has 1 aliphatic heterocycles. The molecule has 1 heterocycles. The average molecular weight is 339 g/mol. The van der Waals surface area contributed by atoms with Gasteiger partial charge in [-0.05, 0) is 43.9 Å². The quantitative estimate of drug-likeness (QED) is 0.903. The Morgan fingerprint density at radius 2 is 1.92 bits per heavy atom. The van der Waals surface area contributed by atoms with Gasteiger partial charge >= 0.3 is 0 Å². The lowest BCUT2D eigenvalue weighted by molar-refractivity contribution is 0.0945. The second-order valence-corrected chi connectivity index (χ2v) is 6.35. The maximum Gasteiger partial charge on any atom is 0.255 e. The lowest BCUT2D eigenvalue weighted by Gasteiger charge is -2.17. The van der Waals surface area contributed by atoms with Crippen molar-refractivity contribution in [2.24, 2.45) is 0 Å². The highest BCUT2D eigenvalue weighted by molar-refractivity contribution is 5.97. The minimum atomic E-state index is -0.182. The van der Waals surface area contributed by atoms with E-state index in [1.165, 1.54) is 12.8 Å². The third kappa shape index (κ3) is 3.40. The van der Waals surface area contributed by atoms with Crippen molar-refractivity contribution in [2.75, 3.05) is 6.79 Å². The fourth-order valence-electron chi connectivity index (χ4n) is 3.33. The van der Waals surface area contributed by atoms with E-state index in [9.17, 15) is 4.79 Å². The molecule has 0 saturated heterocycles. The second kappa shape index (κ2) is 7.05. The van der Waals surface area contributed by atoms with Crippen molar-refractivity contribution < 1.29 is 19.0 Å². The normalized spacial score (nSPS) is 16.0. The summed E-state index contributed by atoms with van der Waals surface area (Å²) in [5.74, 6) is 1.79. The number of carbonyl (C=O) groups excluding carboxylic acids is 1. The summed E-state index contributed by atoms with van der Waals surface area (Å²) >= 11 is 0. The van der Waals surface area contributed by atoms with Crippen LogP contribution in [0.3, 0.4) is 0 Å². The van der Waals surface area contributed by atoms with E-state index in [-0.39, 0.29) is 12.7 Å². The molecule has 130 valence electrons. The van der Waals surface area contributed by atoms with E-state index in [1.54, 1.807) is 18.2 Å². The van der Waals surface area contributed by atoms with Crippen molar-refractivity contribution >= 4 is 5.91 Å². The van der Waals surface area contributed by atoms with E-state index in [4.69, 9.17) is 14.2 Å². The van der Waals surface area contributed by atoms with Crippen molar-refractivity contribution in [3.05, 3.63) is 53.6 Å². The molecular formula is C20H21NO4. The Balaban J connectivity index is 1.45. The number of amides is 1. The Bertz CT molecular complexity index is 768. The Kier molecular flexibility index (Phi) is 4.46. The van der Waals surface area contributed by atoms with E-state index in [2.05, 4.69) is 5.32 Å². The van der Waals surface area contributed by atoms with E-state index in [0.29, 0.717) is 29.7 Å². The first-order valence-electron chi connectivity index (χ1n) is 8.72. The average Bonchev–Trinajstić information content (AvgIpc) is 3.31. The topological polar surface area (TPSA) is 56.8 Å². The molecule has 0 unspecified atom stereocenters. The van der Waals surface area contributed by atoms with Crippen LogP contribution in [0.2, 0.25) is 0 Å². The van der Waals surface area contributed by atoms with Gasteiger partial charge in [-0.25, -0.2) is 0 Å². The summed E-state index contributed by atoms with van der Waals surface area (Å²) in [6.07, 6.45) is 4.96. The monoisotopic (exact) mass is 339 g/mol. The van der Waals surface area contributed by atoms with Gasteiger partial charge in [-0.15, -0.1) is 0 Å². The van der Waals surface area contributed by atoms with E-state index in [0.717, 1.165) is 24.2 Å². The van der Waals surface area contributed by atoms with Gasteiger partial charge in [0.1, 0.15) is 5.75 Å². The smallest absolute Gasteiger partial charge is 0.255 e. The molecule has 0 bridgehead atoms. The number of fused-ring (bicyclic) bond motifs is 1. The van der Waals surface area contributed by atoms with E-state index in [1.807, 2.05) is 24.3 Å². The van der Waals surface area contributed by atoms with Crippen LogP contribution in [0.15, 0.2) is 42.5 Å². The number of rotatable bonds is 5. The van der Waals surface area contributed by atoms with Gasteiger partial charge in [0.25, 0.3) is 5.91 Å². The third-order valence-electron chi connectivity index (χ3n) is 4.65. The van der Waals surface area contributed by atoms with Crippen molar-refractivity contribution in [2.45, 2.75) is 38.3 Å². The van der Waals surface area contributed by atoms with Crippen LogP contribution in [0, 0.1) is 0 Å². The van der Waals surface area contributed by atoms with Crippen molar-refractivity contribution in [3.63, 3.8) is 0 Å². The molecule has 0 aromatic heterocycles. The molecule has 1 aliphatic carbocycles. The van der Waals surface area contributed by atoms with Gasteiger partial charge in [0.2, 0.25) is 6.79 Å². The number of benzene rings is 2. The lowest BCUT2D eigenvalue weighted by atomic mass is 10.1. The zero-order valence-corrected chi connectivity index (χ0v) is 14.0. The SMILES string of the molecule is O=C(NCc1ccccc1OC1CCCC1)c1cccc2c1OCO2. The first-order valence-corrected chi connectivity index (χ1v) is 8.72. The molecular weight excluding hydrogens is 318 g/mol. The summed E-state index contributed by atoms with van der Waals surface area (Å²) in [5, 5.41) is 2.96. The van der Waals surface area contributed by atoms with Gasteiger partial charge < -0.3 is 19.5 Å². The van der Waals surface area contributed by atoms with Crippen LogP contribution in [0.25, 0.3) is 0 Å². The fraction of sp³-hybridized carbons (Fsp3) is 0.350. The van der Waals surface area contributed by atoms with Crippen molar-refractivity contribution in [3.8, 4) is 17.2 Å². The second-order valence-electron chi connectivity index (χ2n) is 6.35. The molecule has 5 nitrogen and oxygen atoms in total. The molecule has 4 rings (SSSR count). The number of para-hydroxylation sites is 2. The minimum absolute atomic E-state index is 0.150. The minimum Gasteiger partial charge on any atom is -0.490 e. The van der Waals surface area contributed by atoms with Gasteiger partial charge in [0, 0.05) is 12.1 Å². The lowest BCUT2D eigenvalue weighted by Crippen LogP contribution is -2.24. The summed E-state index contributed by atoms with van der Waals surface area (Å²) in [5.41, 5.74) is 1.47. The van der Waals surface area contributed by atoms with Gasteiger partial charge in [-0.3, -0.25) is 4.79 Å². The Morgan fingerprint density at radius 1 is 1.08 bits per heavy atom. The van der Waals surface area contributed by atoms with E-state index < -0.39 is 0 Å². The highest BCUT2D eigenvalue weighted by Crippen LogP contribution is 2.35. The number of carbonyl (C=O) groups is 1. The van der Waals surface area contributed by atoms with Crippen LogP contribution >= 0.6 is 0 Å². The van der Waals surface area contributed by atoms with E-state index >= 15 is 0 Å². The van der Waals surface area contributed by atoms with Crippen LogP contribution in [0.1, 0.15) is 41.6 Å². The molecule has 1 amide bonds. The maximum absolute atomic E-state index is 12.5. The first-order chi connectivity index (χ1) is 12.3. The summed E-state index contributed by atoms with van der Waals surface area (Å²) in [7, 11) is 0. The fourth-order valence-corrected chi connectivity index (χ4v) is 3.33. The third-order valence-corrected chi connectivity index (χ3v) is 4.65. The molecule has 2 aliphatic rings. The molecule has 2 aromatic carbocycles. The predicted molar refractivity (Wildman–Crippen MR) is 93.1 cm³/mol. The number of ether oxygens (including phenoxy) is 3. The molecule has 1 saturated carbocycles. The van der Waals surface area contributed by atoms with Crippen LogP contribution in [0.4, 0.5) is 0 Å². The Labute approximate surface area is 146 Å². The van der Waals surface area contributed by atoms with Crippen LogP contribution in [-0.4, -0.2) is 18.8 Å². The van der Waals surface area contributed by atoms with Gasteiger partial charge in [-0.2, -0.15) is 0 Å². The molecule has 0 radical (unpaired) electrons. The maximum atomic E-state index is 12.5. The zero-order chi connectivity index (χ0) is 17.1. The van der Waals surface area contributed by atoms with Crippen LogP contribution in [-0.2, 0) is 6.54 Å². The van der Waals surface area contributed by atoms with Gasteiger partial charge in [-0.1, -0.05) is 24.3 Å². The largest absolute Gasteiger partial charge is 0.490 e. The molecule has 25 heavy (non-hydrogen) atoms. The summed E-state index contributed by atoms with van der Waals surface area (Å²) in [6.45, 7) is 0.559. The predicted octanol–water partition coefficient (Wildman–Crippen LogP) is 3.67. The Morgan fingerprint density at radius 3 is 2.80 bits per heavy atom. The summed E-state index contributed by atoms with van der Waals surface area (Å²) in [4.78, 5) is 12.5. The van der Waals surface area contributed by atoms with Crippen molar-refractivity contribution in [1.29, 1.82) is 0 Å². The number of nitrogens with one attached hydrogen (secondary N) is 1. The highest BCUT2D eigenvalue weighted by atomic mass is 16.7. The summed E-state index contributed by atoms with van der Waals surface area (Å²) < 4.78 is 16.9. The van der Waals surface area contributed by atoms with Crippen LogP contribution in [0.5, 0.6) is 17.2 Å². The first kappa shape index (κ1) is 15.8. The standard InChI is InChI=1S/C20H21NO4/c22-20(16-9-5-11-18-19(16)24-13-23-18)21-12-14-6-1-4-10-17(14)25-15-7-2-3-8-15/h1,4-6,9-11,15H,2-3,7-8,12-13H2,(H,21,22). The molecule has 1 fully saturated rings. The van der Waals surface area contributed by atoms with Gasteiger partial charge in [0.05, 0.1) is 11.7 Å².